The van der Waals surface area contributed by atoms with Gasteiger partial charge in [0, 0.05) is 37.0 Å². The van der Waals surface area contributed by atoms with Crippen molar-refractivity contribution >= 4 is 0 Å². The van der Waals surface area contributed by atoms with Crippen molar-refractivity contribution < 1.29 is 9.84 Å². The van der Waals surface area contributed by atoms with Crippen LogP contribution in [0.1, 0.15) is 23.2 Å². The van der Waals surface area contributed by atoms with Gasteiger partial charge in [-0.1, -0.05) is 24.3 Å². The zero-order valence-corrected chi connectivity index (χ0v) is 16.2. The molecule has 3 aromatic rings. The van der Waals surface area contributed by atoms with Crippen LogP contribution >= 0.6 is 0 Å². The van der Waals surface area contributed by atoms with Gasteiger partial charge < -0.3 is 9.84 Å². The van der Waals surface area contributed by atoms with Gasteiger partial charge >= 0.3 is 0 Å². The Labute approximate surface area is 164 Å². The Morgan fingerprint density at radius 3 is 2.64 bits per heavy atom. The average Bonchev–Trinajstić information content (AvgIpc) is 3.11. The maximum absolute atomic E-state index is 9.68. The fourth-order valence-corrected chi connectivity index (χ4v) is 3.49. The lowest BCUT2D eigenvalue weighted by molar-refractivity contribution is 0.175. The highest BCUT2D eigenvalue weighted by Gasteiger charge is 2.20. The van der Waals surface area contributed by atoms with Gasteiger partial charge in [-0.05, 0) is 38.0 Å². The van der Waals surface area contributed by atoms with Crippen molar-refractivity contribution in [3.63, 3.8) is 0 Å². The molecule has 1 aromatic carbocycles. The summed E-state index contributed by atoms with van der Waals surface area (Å²) in [6.07, 6.45) is 3.94. The number of pyridine rings is 1. The van der Waals surface area contributed by atoms with Gasteiger partial charge in [-0.2, -0.15) is 0 Å². The van der Waals surface area contributed by atoms with E-state index >= 15 is 0 Å². The van der Waals surface area contributed by atoms with Crippen molar-refractivity contribution in [2.45, 2.75) is 32.9 Å². The first kappa shape index (κ1) is 18.5. The molecule has 0 unspecified atom stereocenters. The van der Waals surface area contributed by atoms with Crippen LogP contribution in [0.15, 0.2) is 48.9 Å². The number of hydrogen-bond acceptors (Lipinski definition) is 6. The number of hydrogen-bond donors (Lipinski definition) is 1. The first-order valence-corrected chi connectivity index (χ1v) is 9.51. The number of nitrogens with zero attached hydrogens (tertiary/aromatic N) is 4. The van der Waals surface area contributed by atoms with Gasteiger partial charge in [0.15, 0.2) is 5.75 Å². The van der Waals surface area contributed by atoms with E-state index in [1.54, 1.807) is 6.20 Å². The molecule has 0 amide bonds. The molecule has 1 fully saturated rings. The number of β-amino-alcohol motifs (C(OH)–C–C–N with tert-alkyl or cyclic N) is 1. The molecular weight excluding hydrogens is 352 g/mol. The lowest BCUT2D eigenvalue weighted by Crippen LogP contribution is -2.21. The van der Waals surface area contributed by atoms with E-state index in [0.29, 0.717) is 11.6 Å². The molecule has 0 saturated carbocycles. The van der Waals surface area contributed by atoms with E-state index in [-0.39, 0.29) is 6.10 Å². The molecule has 28 heavy (non-hydrogen) atoms. The predicted molar refractivity (Wildman–Crippen MR) is 107 cm³/mol. The van der Waals surface area contributed by atoms with Gasteiger partial charge in [0.1, 0.15) is 6.33 Å². The minimum absolute atomic E-state index is 0.190. The van der Waals surface area contributed by atoms with Gasteiger partial charge in [-0.3, -0.25) is 9.88 Å². The van der Waals surface area contributed by atoms with E-state index < -0.39 is 0 Å². The van der Waals surface area contributed by atoms with E-state index in [0.717, 1.165) is 48.6 Å². The van der Waals surface area contributed by atoms with E-state index in [9.17, 15) is 5.11 Å². The third-order valence-electron chi connectivity index (χ3n) is 5.08. The van der Waals surface area contributed by atoms with Crippen molar-refractivity contribution in [2.75, 3.05) is 13.1 Å². The van der Waals surface area contributed by atoms with Crippen LogP contribution in [-0.2, 0) is 6.54 Å². The van der Waals surface area contributed by atoms with Crippen LogP contribution in [0, 0.1) is 13.8 Å². The Balaban J connectivity index is 1.53. The molecule has 144 valence electrons. The molecule has 6 nitrogen and oxygen atoms in total. The van der Waals surface area contributed by atoms with Crippen LogP contribution in [0.25, 0.3) is 11.3 Å². The Kier molecular flexibility index (Phi) is 5.32. The van der Waals surface area contributed by atoms with Gasteiger partial charge in [0.05, 0.1) is 17.5 Å². The number of benzene rings is 1. The monoisotopic (exact) mass is 376 g/mol. The fourth-order valence-electron chi connectivity index (χ4n) is 3.49. The number of ether oxygens (including phenoxy) is 1. The van der Waals surface area contributed by atoms with Crippen LogP contribution in [0.2, 0.25) is 0 Å². The van der Waals surface area contributed by atoms with Crippen LogP contribution in [0.5, 0.6) is 11.6 Å². The highest BCUT2D eigenvalue weighted by Crippen LogP contribution is 2.30. The maximum atomic E-state index is 9.68. The predicted octanol–water partition coefficient (Wildman–Crippen LogP) is 3.51. The summed E-state index contributed by atoms with van der Waals surface area (Å²) >= 11 is 0. The molecule has 0 radical (unpaired) electrons. The lowest BCUT2D eigenvalue weighted by atomic mass is 10.1. The van der Waals surface area contributed by atoms with Crippen molar-refractivity contribution in [1.29, 1.82) is 0 Å². The topological polar surface area (TPSA) is 71.4 Å². The third-order valence-corrected chi connectivity index (χ3v) is 5.08. The van der Waals surface area contributed by atoms with Gasteiger partial charge in [-0.15, -0.1) is 0 Å². The van der Waals surface area contributed by atoms with Crippen LogP contribution in [-0.4, -0.2) is 44.2 Å². The SMILES string of the molecule is Cc1ncccc1Oc1ncnc(-c2ccc(CN3CC[C@@H](O)C3)cc2)c1C. The molecular formula is C22H24N4O2. The molecule has 0 aliphatic carbocycles. The van der Waals surface area contributed by atoms with E-state index in [1.807, 2.05) is 26.0 Å². The average molecular weight is 376 g/mol. The van der Waals surface area contributed by atoms with Crippen LogP contribution in [0.3, 0.4) is 0 Å². The Morgan fingerprint density at radius 2 is 1.93 bits per heavy atom. The Morgan fingerprint density at radius 1 is 1.11 bits per heavy atom. The smallest absolute Gasteiger partial charge is 0.225 e. The summed E-state index contributed by atoms with van der Waals surface area (Å²) in [5.41, 5.74) is 4.82. The summed E-state index contributed by atoms with van der Waals surface area (Å²) in [6, 6.07) is 12.1. The number of aryl methyl sites for hydroxylation is 1. The first-order chi connectivity index (χ1) is 13.6. The van der Waals surface area contributed by atoms with Gasteiger partial charge in [-0.25, -0.2) is 9.97 Å². The standard InChI is InChI=1S/C22H24N4O2/c1-15-21(24-14-25-22(15)28-20-4-3-10-23-16(20)2)18-7-5-17(6-8-18)12-26-11-9-19(27)13-26/h3-8,10,14,19,27H,9,11-13H2,1-2H3/t19-/m1/s1. The molecule has 1 N–H and O–H groups in total. The third kappa shape index (κ3) is 4.03. The first-order valence-electron chi connectivity index (χ1n) is 9.51. The minimum Gasteiger partial charge on any atom is -0.437 e. The molecule has 0 bridgehead atoms. The molecule has 4 rings (SSSR count). The summed E-state index contributed by atoms with van der Waals surface area (Å²) in [4.78, 5) is 15.3. The van der Waals surface area contributed by atoms with Crippen molar-refractivity contribution in [1.82, 2.24) is 19.9 Å². The minimum atomic E-state index is -0.190. The molecule has 1 aliphatic heterocycles. The molecule has 1 saturated heterocycles. The van der Waals surface area contributed by atoms with Crippen LogP contribution in [0.4, 0.5) is 0 Å². The summed E-state index contributed by atoms with van der Waals surface area (Å²) in [5, 5.41) is 9.68. The number of rotatable bonds is 5. The number of likely N-dealkylation sites (tertiary alicyclic amines) is 1. The van der Waals surface area contributed by atoms with E-state index in [2.05, 4.69) is 44.1 Å². The van der Waals surface area contributed by atoms with E-state index in [4.69, 9.17) is 4.74 Å². The van der Waals surface area contributed by atoms with Crippen molar-refractivity contribution in [3.8, 4) is 22.9 Å². The second kappa shape index (κ2) is 8.04. The largest absolute Gasteiger partial charge is 0.437 e. The molecule has 3 heterocycles. The Bertz CT molecular complexity index is 959. The molecule has 0 spiro atoms. The fraction of sp³-hybridized carbons (Fsp3) is 0.318. The lowest BCUT2D eigenvalue weighted by Gasteiger charge is -2.15. The molecule has 2 aromatic heterocycles. The normalized spacial score (nSPS) is 17.0. The summed E-state index contributed by atoms with van der Waals surface area (Å²) in [7, 11) is 0. The summed E-state index contributed by atoms with van der Waals surface area (Å²) in [6.45, 7) is 6.43. The quantitative estimate of drug-likeness (QED) is 0.735. The second-order valence-corrected chi connectivity index (χ2v) is 7.22. The van der Waals surface area contributed by atoms with Gasteiger partial charge in [0.25, 0.3) is 0 Å². The molecule has 6 heteroatoms. The van der Waals surface area contributed by atoms with Crippen LogP contribution < -0.4 is 4.74 Å². The highest BCUT2D eigenvalue weighted by molar-refractivity contribution is 5.64. The zero-order valence-electron chi connectivity index (χ0n) is 16.2. The van der Waals surface area contributed by atoms with Crippen molar-refractivity contribution in [2.24, 2.45) is 0 Å². The van der Waals surface area contributed by atoms with E-state index in [1.165, 1.54) is 11.9 Å². The van der Waals surface area contributed by atoms with Gasteiger partial charge in [0.2, 0.25) is 5.88 Å². The summed E-state index contributed by atoms with van der Waals surface area (Å²) in [5.74, 6) is 1.23. The highest BCUT2D eigenvalue weighted by atomic mass is 16.5. The number of aromatic nitrogens is 3. The summed E-state index contributed by atoms with van der Waals surface area (Å²) < 4.78 is 5.98. The zero-order chi connectivity index (χ0) is 19.5. The number of aliphatic hydroxyl groups is 1. The van der Waals surface area contributed by atoms with Crippen molar-refractivity contribution in [3.05, 3.63) is 65.7 Å². The Hall–Kier alpha value is -2.83. The maximum Gasteiger partial charge on any atom is 0.225 e. The second-order valence-electron chi connectivity index (χ2n) is 7.22. The molecule has 1 atom stereocenters. The number of aliphatic hydroxyl groups excluding tert-OH is 1. The molecule has 1 aliphatic rings.